The molecule has 1 atom stereocenters. The maximum atomic E-state index is 12.9. The van der Waals surface area contributed by atoms with Gasteiger partial charge in [-0.2, -0.15) is 0 Å². The second kappa shape index (κ2) is 9.34. The lowest BCUT2D eigenvalue weighted by Crippen LogP contribution is -2.27. The Hall–Kier alpha value is -2.80. The second-order valence-corrected chi connectivity index (χ2v) is 7.50. The van der Waals surface area contributed by atoms with Crippen LogP contribution in [0.3, 0.4) is 0 Å². The van der Waals surface area contributed by atoms with Gasteiger partial charge in [-0.15, -0.1) is 0 Å². The molecule has 30 heavy (non-hydrogen) atoms. The van der Waals surface area contributed by atoms with Gasteiger partial charge in [0.1, 0.15) is 16.3 Å². The average molecular weight is 466 g/mol. The van der Waals surface area contributed by atoms with Crippen molar-refractivity contribution in [1.82, 2.24) is 10.3 Å². The number of nitrogens with zero attached hydrogens (tertiary/aromatic N) is 1. The number of benzene rings is 2. The maximum absolute atomic E-state index is 12.9. The number of aromatic nitrogens is 1. The fraction of sp³-hybridized carbons (Fsp3) is 0.0952. The molecule has 0 unspecified atom stereocenters. The Balaban J connectivity index is 1.83. The molecule has 1 amide bonds. The first kappa shape index (κ1) is 21.9. The van der Waals surface area contributed by atoms with Crippen LogP contribution in [0.2, 0.25) is 15.1 Å². The number of carboxylic acid groups (broad SMARTS) is 1. The summed E-state index contributed by atoms with van der Waals surface area (Å²) in [5.41, 5.74) is 0.988. The van der Waals surface area contributed by atoms with Gasteiger partial charge in [-0.25, -0.2) is 9.78 Å². The van der Waals surface area contributed by atoms with E-state index in [1.807, 2.05) is 0 Å². The van der Waals surface area contributed by atoms with E-state index in [0.717, 1.165) is 5.56 Å². The minimum atomic E-state index is -1.02. The molecule has 2 N–H and O–H groups in total. The van der Waals surface area contributed by atoms with Crippen molar-refractivity contribution in [3.8, 4) is 11.6 Å². The molecule has 0 saturated carbocycles. The number of carboxylic acids is 1. The van der Waals surface area contributed by atoms with Crippen LogP contribution in [0, 0.1) is 0 Å². The van der Waals surface area contributed by atoms with E-state index >= 15 is 0 Å². The van der Waals surface area contributed by atoms with Crippen molar-refractivity contribution in [2.24, 2.45) is 0 Å². The van der Waals surface area contributed by atoms with Crippen molar-refractivity contribution < 1.29 is 19.4 Å². The van der Waals surface area contributed by atoms with Crippen LogP contribution in [0.15, 0.2) is 54.7 Å². The summed E-state index contributed by atoms with van der Waals surface area (Å²) in [6.07, 6.45) is 1.35. The summed E-state index contributed by atoms with van der Waals surface area (Å²) in [5.74, 6) is -1.25. The van der Waals surface area contributed by atoms with Crippen molar-refractivity contribution in [2.45, 2.75) is 13.0 Å². The normalized spacial score (nSPS) is 11.6. The van der Waals surface area contributed by atoms with Crippen LogP contribution in [-0.4, -0.2) is 22.0 Å². The van der Waals surface area contributed by atoms with Gasteiger partial charge in [0.05, 0.1) is 21.7 Å². The van der Waals surface area contributed by atoms with Crippen LogP contribution in [0.4, 0.5) is 0 Å². The van der Waals surface area contributed by atoms with Crippen molar-refractivity contribution >= 4 is 46.7 Å². The zero-order valence-corrected chi connectivity index (χ0v) is 17.8. The molecule has 0 spiro atoms. The van der Waals surface area contributed by atoms with Gasteiger partial charge in [0.2, 0.25) is 5.88 Å². The number of halogens is 3. The molecule has 1 aromatic heterocycles. The van der Waals surface area contributed by atoms with E-state index in [-0.39, 0.29) is 32.8 Å². The Morgan fingerprint density at radius 3 is 2.47 bits per heavy atom. The molecule has 0 bridgehead atoms. The van der Waals surface area contributed by atoms with E-state index in [4.69, 9.17) is 44.6 Å². The van der Waals surface area contributed by atoms with Crippen LogP contribution in [0.1, 0.15) is 39.2 Å². The number of hydrogen-bond donors (Lipinski definition) is 2. The fourth-order valence-corrected chi connectivity index (χ4v) is 3.10. The van der Waals surface area contributed by atoms with Crippen molar-refractivity contribution in [3.63, 3.8) is 0 Å². The van der Waals surface area contributed by atoms with E-state index in [2.05, 4.69) is 10.3 Å². The van der Waals surface area contributed by atoms with Gasteiger partial charge in [0.15, 0.2) is 0 Å². The quantitative estimate of drug-likeness (QED) is 0.464. The number of ether oxygens (including phenoxy) is 1. The number of aromatic carboxylic acids is 1. The van der Waals surface area contributed by atoms with Gasteiger partial charge in [0.25, 0.3) is 5.91 Å². The monoisotopic (exact) mass is 464 g/mol. The van der Waals surface area contributed by atoms with Gasteiger partial charge in [-0.05, 0) is 42.8 Å². The highest BCUT2D eigenvalue weighted by Crippen LogP contribution is 2.35. The van der Waals surface area contributed by atoms with Gasteiger partial charge >= 0.3 is 5.97 Å². The molecule has 3 rings (SSSR count). The average Bonchev–Trinajstić information content (AvgIpc) is 2.72. The smallest absolute Gasteiger partial charge is 0.335 e. The van der Waals surface area contributed by atoms with Gasteiger partial charge < -0.3 is 15.2 Å². The highest BCUT2D eigenvalue weighted by Gasteiger charge is 2.20. The molecule has 0 aliphatic heterocycles. The van der Waals surface area contributed by atoms with Gasteiger partial charge in [-0.1, -0.05) is 53.0 Å². The Bertz CT molecular complexity index is 1100. The number of hydrogen-bond acceptors (Lipinski definition) is 4. The highest BCUT2D eigenvalue weighted by atomic mass is 35.5. The fourth-order valence-electron chi connectivity index (χ4n) is 2.61. The van der Waals surface area contributed by atoms with Crippen molar-refractivity contribution in [1.29, 1.82) is 0 Å². The topological polar surface area (TPSA) is 88.5 Å². The lowest BCUT2D eigenvalue weighted by Gasteiger charge is -2.16. The SMILES string of the molecule is C[C@H](NC(=O)c1cc(Cl)cnc1Oc1cccc(Cl)c1Cl)c1ccc(C(=O)O)cc1. The molecule has 0 fully saturated rings. The molecule has 0 saturated heterocycles. The predicted molar refractivity (Wildman–Crippen MR) is 115 cm³/mol. The molecular formula is C21H15Cl3N2O4. The second-order valence-electron chi connectivity index (χ2n) is 6.28. The van der Waals surface area contributed by atoms with Gasteiger partial charge in [-0.3, -0.25) is 4.79 Å². The third-order valence-corrected chi connectivity index (χ3v) is 5.20. The zero-order valence-electron chi connectivity index (χ0n) is 15.5. The number of pyridine rings is 1. The minimum Gasteiger partial charge on any atom is -0.478 e. The number of amides is 1. The first-order valence-corrected chi connectivity index (χ1v) is 9.81. The van der Waals surface area contributed by atoms with Crippen molar-refractivity contribution in [2.75, 3.05) is 0 Å². The maximum Gasteiger partial charge on any atom is 0.335 e. The minimum absolute atomic E-state index is 0.00879. The molecule has 0 radical (unpaired) electrons. The Morgan fingerprint density at radius 1 is 1.10 bits per heavy atom. The van der Waals surface area contributed by atoms with E-state index in [0.29, 0.717) is 5.02 Å². The number of carbonyl (C=O) groups excluding carboxylic acids is 1. The molecule has 3 aromatic rings. The van der Waals surface area contributed by atoms with Crippen LogP contribution in [-0.2, 0) is 0 Å². The van der Waals surface area contributed by atoms with E-state index in [1.165, 1.54) is 24.4 Å². The standard InChI is InChI=1S/C21H15Cl3N2O4/c1-11(12-5-7-13(8-6-12)21(28)29)26-19(27)15-9-14(22)10-25-20(15)30-17-4-2-3-16(23)18(17)24/h2-11H,1H3,(H,26,27)(H,28,29)/t11-/m0/s1. The summed E-state index contributed by atoms with van der Waals surface area (Å²) in [6.45, 7) is 1.76. The third-order valence-electron chi connectivity index (χ3n) is 4.19. The Labute approximate surface area is 187 Å². The molecular weight excluding hydrogens is 451 g/mol. The molecule has 154 valence electrons. The van der Waals surface area contributed by atoms with Crippen LogP contribution in [0.5, 0.6) is 11.6 Å². The lowest BCUT2D eigenvalue weighted by molar-refractivity contribution is 0.0696. The molecule has 1 heterocycles. The van der Waals surface area contributed by atoms with Gasteiger partial charge in [0, 0.05) is 6.20 Å². The largest absolute Gasteiger partial charge is 0.478 e. The highest BCUT2D eigenvalue weighted by molar-refractivity contribution is 6.42. The van der Waals surface area contributed by atoms with Crippen LogP contribution >= 0.6 is 34.8 Å². The number of carbonyl (C=O) groups is 2. The first-order valence-electron chi connectivity index (χ1n) is 8.67. The summed E-state index contributed by atoms with van der Waals surface area (Å²) >= 11 is 18.2. The van der Waals surface area contributed by atoms with Crippen LogP contribution in [0.25, 0.3) is 0 Å². The first-order chi connectivity index (χ1) is 14.3. The predicted octanol–water partition coefficient (Wildman–Crippen LogP) is 6.02. The summed E-state index contributed by atoms with van der Waals surface area (Å²) in [5, 5.41) is 12.6. The summed E-state index contributed by atoms with van der Waals surface area (Å²) < 4.78 is 5.71. The van der Waals surface area contributed by atoms with E-state index in [1.54, 1.807) is 37.3 Å². The summed E-state index contributed by atoms with van der Waals surface area (Å²) in [7, 11) is 0. The molecule has 2 aromatic carbocycles. The molecule has 9 heteroatoms. The molecule has 6 nitrogen and oxygen atoms in total. The summed E-state index contributed by atoms with van der Waals surface area (Å²) in [6, 6.07) is 12.1. The Kier molecular flexibility index (Phi) is 6.82. The van der Waals surface area contributed by atoms with E-state index in [9.17, 15) is 9.59 Å². The summed E-state index contributed by atoms with van der Waals surface area (Å²) in [4.78, 5) is 28.0. The lowest BCUT2D eigenvalue weighted by atomic mass is 10.1. The third kappa shape index (κ3) is 5.02. The van der Waals surface area contributed by atoms with Crippen molar-refractivity contribution in [3.05, 3.63) is 86.5 Å². The molecule has 0 aliphatic carbocycles. The zero-order chi connectivity index (χ0) is 21.8. The molecule has 0 aliphatic rings. The number of nitrogens with one attached hydrogen (secondary N) is 1. The van der Waals surface area contributed by atoms with E-state index < -0.39 is 17.9 Å². The number of rotatable bonds is 6. The van der Waals surface area contributed by atoms with Crippen LogP contribution < -0.4 is 10.1 Å². The Morgan fingerprint density at radius 2 is 1.80 bits per heavy atom.